The molecule has 0 spiro atoms. The van der Waals surface area contributed by atoms with Crippen LogP contribution < -0.4 is 10.3 Å². The second-order valence-electron chi connectivity index (χ2n) is 7.16. The van der Waals surface area contributed by atoms with Crippen molar-refractivity contribution in [2.75, 3.05) is 6.61 Å². The van der Waals surface area contributed by atoms with Crippen LogP contribution in [-0.2, 0) is 19.3 Å². The van der Waals surface area contributed by atoms with Gasteiger partial charge >= 0.3 is 7.12 Å². The van der Waals surface area contributed by atoms with Gasteiger partial charge in [0, 0.05) is 23.9 Å². The van der Waals surface area contributed by atoms with Crippen molar-refractivity contribution in [3.8, 4) is 0 Å². The first-order valence-corrected chi connectivity index (χ1v) is 9.54. The molecule has 1 aromatic rings. The summed E-state index contributed by atoms with van der Waals surface area (Å²) in [5, 5.41) is -0.155. The zero-order valence-corrected chi connectivity index (χ0v) is 16.4. The monoisotopic (exact) mass is 357 g/mol. The van der Waals surface area contributed by atoms with Crippen LogP contribution in [0.2, 0.25) is 0 Å². The lowest BCUT2D eigenvalue weighted by Gasteiger charge is -2.27. The molecule has 1 rings (SSSR count). The molecule has 7 nitrogen and oxygen atoms in total. The molecule has 1 heterocycles. The van der Waals surface area contributed by atoms with E-state index in [2.05, 4.69) is 14.7 Å². The summed E-state index contributed by atoms with van der Waals surface area (Å²) in [5.41, 5.74) is -0.716. The molecule has 1 aromatic heterocycles. The zero-order chi connectivity index (χ0) is 18.6. The van der Waals surface area contributed by atoms with Crippen LogP contribution in [0.5, 0.6) is 0 Å². The number of sulfonamides is 1. The van der Waals surface area contributed by atoms with Crippen molar-refractivity contribution in [3.05, 3.63) is 12.4 Å². The minimum Gasteiger partial charge on any atom is -0.407 e. The highest BCUT2D eigenvalue weighted by Crippen LogP contribution is 2.15. The van der Waals surface area contributed by atoms with Crippen LogP contribution in [0.25, 0.3) is 0 Å². The first-order chi connectivity index (χ1) is 10.9. The van der Waals surface area contributed by atoms with Gasteiger partial charge in [-0.25, -0.2) is 18.1 Å². The fraction of sp³-hybridized carbons (Fsp3) is 0.733. The maximum absolute atomic E-state index is 12.4. The largest absolute Gasteiger partial charge is 0.515 e. The van der Waals surface area contributed by atoms with Gasteiger partial charge in [0.1, 0.15) is 0 Å². The van der Waals surface area contributed by atoms with Crippen molar-refractivity contribution in [2.45, 2.75) is 71.1 Å². The average molecular weight is 357 g/mol. The third-order valence-electron chi connectivity index (χ3n) is 3.18. The van der Waals surface area contributed by atoms with E-state index in [0.29, 0.717) is 12.2 Å². The van der Waals surface area contributed by atoms with Crippen LogP contribution >= 0.6 is 0 Å². The summed E-state index contributed by atoms with van der Waals surface area (Å²) in [7, 11) is -4.55. The molecule has 136 valence electrons. The van der Waals surface area contributed by atoms with E-state index in [-0.39, 0.29) is 5.03 Å². The van der Waals surface area contributed by atoms with E-state index >= 15 is 0 Å². The van der Waals surface area contributed by atoms with Crippen LogP contribution in [0, 0.1) is 0 Å². The molecule has 24 heavy (non-hydrogen) atoms. The summed E-state index contributed by atoms with van der Waals surface area (Å²) < 4.78 is 38.9. The van der Waals surface area contributed by atoms with Gasteiger partial charge in [0.2, 0.25) is 0 Å². The van der Waals surface area contributed by atoms with E-state index in [1.165, 1.54) is 12.4 Å². The number of nitrogens with one attached hydrogen (secondary N) is 1. The molecule has 0 fully saturated rings. The Balaban J connectivity index is 3.16. The second-order valence-corrected chi connectivity index (χ2v) is 8.79. The Morgan fingerprint density at radius 1 is 1.17 bits per heavy atom. The van der Waals surface area contributed by atoms with Gasteiger partial charge in [0.15, 0.2) is 5.03 Å². The lowest BCUT2D eigenvalue weighted by Crippen LogP contribution is -2.46. The van der Waals surface area contributed by atoms with Gasteiger partial charge in [-0.2, -0.15) is 0 Å². The normalized spacial score (nSPS) is 13.1. The molecule has 0 bridgehead atoms. The van der Waals surface area contributed by atoms with E-state index in [1.54, 1.807) is 20.8 Å². The molecule has 0 radical (unpaired) electrons. The number of rotatable bonds is 8. The van der Waals surface area contributed by atoms with Crippen LogP contribution in [0.15, 0.2) is 17.4 Å². The Morgan fingerprint density at radius 3 is 2.29 bits per heavy atom. The van der Waals surface area contributed by atoms with Crippen LogP contribution in [0.3, 0.4) is 0 Å². The molecular formula is C15H28BN3O4S. The average Bonchev–Trinajstić information content (AvgIpc) is 2.44. The van der Waals surface area contributed by atoms with E-state index in [4.69, 9.17) is 9.31 Å². The highest BCUT2D eigenvalue weighted by molar-refractivity contribution is 7.89. The van der Waals surface area contributed by atoms with Crippen molar-refractivity contribution in [1.82, 2.24) is 14.7 Å². The van der Waals surface area contributed by atoms with Gasteiger partial charge in [-0.05, 0) is 48.0 Å². The number of hydrogen-bond donors (Lipinski definition) is 1. The highest BCUT2D eigenvalue weighted by Gasteiger charge is 2.32. The molecule has 0 aliphatic rings. The summed E-state index contributed by atoms with van der Waals surface area (Å²) in [4.78, 5) is 8.20. The molecular weight excluding hydrogens is 329 g/mol. The summed E-state index contributed by atoms with van der Waals surface area (Å²) >= 11 is 0. The Kier molecular flexibility index (Phi) is 6.92. The van der Waals surface area contributed by atoms with Gasteiger partial charge in [-0.15, -0.1) is 0 Å². The van der Waals surface area contributed by atoms with E-state index < -0.39 is 28.3 Å². The van der Waals surface area contributed by atoms with Crippen molar-refractivity contribution in [3.63, 3.8) is 0 Å². The molecule has 0 amide bonds. The number of aromatic nitrogens is 2. The third kappa shape index (κ3) is 6.47. The topological polar surface area (TPSA) is 90.4 Å². The molecule has 0 atom stereocenters. The van der Waals surface area contributed by atoms with Gasteiger partial charge in [-0.3, -0.25) is 4.98 Å². The minimum atomic E-state index is -3.77. The summed E-state index contributed by atoms with van der Waals surface area (Å²) in [6, 6.07) is 0. The molecule has 0 aliphatic heterocycles. The van der Waals surface area contributed by atoms with Gasteiger partial charge in [0.25, 0.3) is 10.0 Å². The Bertz CT molecular complexity index is 644. The number of hydrogen-bond acceptors (Lipinski definition) is 6. The first kappa shape index (κ1) is 21.0. The Hall–Kier alpha value is -1.03. The summed E-state index contributed by atoms with van der Waals surface area (Å²) in [5.74, 6) is 0. The van der Waals surface area contributed by atoms with E-state index in [1.807, 2.05) is 27.7 Å². The van der Waals surface area contributed by atoms with Gasteiger partial charge < -0.3 is 9.31 Å². The van der Waals surface area contributed by atoms with Crippen LogP contribution in [-0.4, -0.2) is 43.3 Å². The quantitative estimate of drug-likeness (QED) is 0.709. The smallest absolute Gasteiger partial charge is 0.407 e. The predicted molar refractivity (Wildman–Crippen MR) is 94.6 cm³/mol. The van der Waals surface area contributed by atoms with Gasteiger partial charge in [0.05, 0.1) is 11.8 Å². The third-order valence-corrected chi connectivity index (χ3v) is 4.81. The number of nitrogens with zero attached hydrogens (tertiary/aromatic N) is 2. The summed E-state index contributed by atoms with van der Waals surface area (Å²) in [6.07, 6.45) is 3.45. The van der Waals surface area contributed by atoms with Crippen molar-refractivity contribution >= 4 is 22.7 Å². The summed E-state index contributed by atoms with van der Waals surface area (Å²) in [6.45, 7) is 13.4. The molecule has 0 saturated carbocycles. The second kappa shape index (κ2) is 7.90. The zero-order valence-electron chi connectivity index (χ0n) is 15.6. The van der Waals surface area contributed by atoms with Gasteiger partial charge in [-0.1, -0.05) is 6.92 Å². The molecule has 9 heteroatoms. The lowest BCUT2D eigenvalue weighted by atomic mass is 9.83. The molecule has 0 aromatic carbocycles. The Morgan fingerprint density at radius 2 is 1.79 bits per heavy atom. The molecule has 1 N–H and O–H groups in total. The molecule has 0 unspecified atom stereocenters. The fourth-order valence-corrected chi connectivity index (χ4v) is 3.10. The maximum atomic E-state index is 12.4. The van der Waals surface area contributed by atoms with E-state index in [9.17, 15) is 8.42 Å². The minimum absolute atomic E-state index is 0.155. The molecule has 0 aliphatic carbocycles. The van der Waals surface area contributed by atoms with Crippen molar-refractivity contribution < 1.29 is 17.7 Å². The Labute approximate surface area is 145 Å². The van der Waals surface area contributed by atoms with Crippen molar-refractivity contribution in [2.24, 2.45) is 0 Å². The highest BCUT2D eigenvalue weighted by atomic mass is 32.2. The maximum Gasteiger partial charge on any atom is 0.515 e. The standard InChI is InChI=1S/C15H28BN3O4S/c1-8-15(6,7)23-16(22-9-2)12-10-17-11-13(18-12)24(20,21)19-14(3,4)5/h10-11,19H,8-9H2,1-7H3. The van der Waals surface area contributed by atoms with Crippen molar-refractivity contribution in [1.29, 1.82) is 0 Å². The predicted octanol–water partition coefficient (Wildman–Crippen LogP) is 1.49. The SMILES string of the molecule is CCOB(OC(C)(C)CC)c1cncc(S(=O)(=O)NC(C)(C)C)n1. The van der Waals surface area contributed by atoms with Crippen LogP contribution in [0.4, 0.5) is 0 Å². The first-order valence-electron chi connectivity index (χ1n) is 8.05. The van der Waals surface area contributed by atoms with Crippen LogP contribution in [0.1, 0.15) is 54.9 Å². The van der Waals surface area contributed by atoms with E-state index in [0.717, 1.165) is 6.42 Å². The lowest BCUT2D eigenvalue weighted by molar-refractivity contribution is 0.0702. The fourth-order valence-electron chi connectivity index (χ4n) is 1.77. The molecule has 0 saturated heterocycles.